The number of hydrogen-bond acceptors (Lipinski definition) is 4. The Kier molecular flexibility index (Phi) is 5.08. The Morgan fingerprint density at radius 2 is 2.33 bits per heavy atom. The average molecular weight is 255 g/mol. The first-order valence-corrected chi connectivity index (χ1v) is 6.00. The minimum atomic E-state index is -0.585. The lowest BCUT2D eigenvalue weighted by atomic mass is 9.98. The predicted molar refractivity (Wildman–Crippen MR) is 66.8 cm³/mol. The van der Waals surface area contributed by atoms with Crippen molar-refractivity contribution in [2.24, 2.45) is 7.05 Å². The molecule has 102 valence electrons. The molecule has 0 spiro atoms. The third-order valence-electron chi connectivity index (χ3n) is 2.78. The molecule has 1 aromatic rings. The number of aromatic nitrogens is 3. The normalized spacial score (nSPS) is 14.0. The molecular weight excluding hydrogens is 234 g/mol. The Hall–Kier alpha value is -1.63. The highest BCUT2D eigenvalue weighted by Gasteiger charge is 2.24. The zero-order valence-electron chi connectivity index (χ0n) is 11.1. The van der Waals surface area contributed by atoms with E-state index in [9.17, 15) is 9.90 Å². The van der Waals surface area contributed by atoms with Crippen LogP contribution in [0, 0.1) is 0 Å². The minimum Gasteiger partial charge on any atom is -0.394 e. The standard InChI is InChI=1S/C11H21N5O2/c1-4-5-11(2,7-17)15-10(18)12-6-9-13-8-14-16(9)3/h8,17H,4-7H2,1-3H3,(H2,12,15,18). The first-order valence-electron chi connectivity index (χ1n) is 6.00. The van der Waals surface area contributed by atoms with Gasteiger partial charge in [-0.1, -0.05) is 13.3 Å². The van der Waals surface area contributed by atoms with E-state index in [1.807, 2.05) is 13.8 Å². The maximum absolute atomic E-state index is 11.7. The molecule has 0 fully saturated rings. The Bertz CT molecular complexity index is 393. The first kappa shape index (κ1) is 14.4. The van der Waals surface area contributed by atoms with Crippen molar-refractivity contribution in [1.29, 1.82) is 0 Å². The number of nitrogens with one attached hydrogen (secondary N) is 2. The van der Waals surface area contributed by atoms with Crippen molar-refractivity contribution >= 4 is 6.03 Å². The highest BCUT2D eigenvalue weighted by molar-refractivity contribution is 5.74. The summed E-state index contributed by atoms with van der Waals surface area (Å²) in [5, 5.41) is 18.7. The van der Waals surface area contributed by atoms with Gasteiger partial charge in [-0.2, -0.15) is 5.10 Å². The van der Waals surface area contributed by atoms with Gasteiger partial charge in [0.2, 0.25) is 0 Å². The number of carbonyl (C=O) groups excluding carboxylic acids is 1. The molecule has 1 atom stereocenters. The summed E-state index contributed by atoms with van der Waals surface area (Å²) in [4.78, 5) is 15.7. The second-order valence-electron chi connectivity index (χ2n) is 4.58. The van der Waals surface area contributed by atoms with Crippen LogP contribution in [0.1, 0.15) is 32.5 Å². The van der Waals surface area contributed by atoms with Crippen LogP contribution in [-0.2, 0) is 13.6 Å². The fourth-order valence-electron chi connectivity index (χ4n) is 1.69. The van der Waals surface area contributed by atoms with Gasteiger partial charge in [-0.15, -0.1) is 0 Å². The van der Waals surface area contributed by atoms with E-state index in [0.717, 1.165) is 12.8 Å². The zero-order valence-corrected chi connectivity index (χ0v) is 11.1. The number of aliphatic hydroxyl groups excluding tert-OH is 1. The molecule has 7 heteroatoms. The van der Waals surface area contributed by atoms with Crippen LogP contribution in [0.5, 0.6) is 0 Å². The molecule has 7 nitrogen and oxygen atoms in total. The maximum atomic E-state index is 11.7. The lowest BCUT2D eigenvalue weighted by molar-refractivity contribution is 0.163. The summed E-state index contributed by atoms with van der Waals surface area (Å²) in [7, 11) is 1.76. The van der Waals surface area contributed by atoms with Gasteiger partial charge in [0.05, 0.1) is 18.7 Å². The van der Waals surface area contributed by atoms with Crippen LogP contribution >= 0.6 is 0 Å². The zero-order chi connectivity index (χ0) is 13.6. The quantitative estimate of drug-likeness (QED) is 0.675. The van der Waals surface area contributed by atoms with Crippen LogP contribution < -0.4 is 10.6 Å². The third-order valence-corrected chi connectivity index (χ3v) is 2.78. The number of aryl methyl sites for hydroxylation is 1. The van der Waals surface area contributed by atoms with Gasteiger partial charge < -0.3 is 15.7 Å². The predicted octanol–water partition coefficient (Wildman–Crippen LogP) is 0.165. The van der Waals surface area contributed by atoms with E-state index >= 15 is 0 Å². The molecule has 1 rings (SSSR count). The van der Waals surface area contributed by atoms with Crippen LogP contribution in [0.3, 0.4) is 0 Å². The van der Waals surface area contributed by atoms with Crippen molar-refractivity contribution in [2.45, 2.75) is 38.8 Å². The van der Waals surface area contributed by atoms with Gasteiger partial charge in [-0.05, 0) is 13.3 Å². The highest BCUT2D eigenvalue weighted by atomic mass is 16.3. The summed E-state index contributed by atoms with van der Waals surface area (Å²) in [6, 6.07) is -0.317. The van der Waals surface area contributed by atoms with Gasteiger partial charge in [0, 0.05) is 7.05 Å². The van der Waals surface area contributed by atoms with Crippen molar-refractivity contribution in [3.05, 3.63) is 12.2 Å². The Balaban J connectivity index is 2.44. The van der Waals surface area contributed by atoms with Crippen LogP contribution in [0.2, 0.25) is 0 Å². The van der Waals surface area contributed by atoms with Crippen molar-refractivity contribution in [1.82, 2.24) is 25.4 Å². The molecule has 0 bridgehead atoms. The average Bonchev–Trinajstić information content (AvgIpc) is 2.72. The summed E-state index contributed by atoms with van der Waals surface area (Å²) >= 11 is 0. The van der Waals surface area contributed by atoms with Gasteiger partial charge >= 0.3 is 6.03 Å². The van der Waals surface area contributed by atoms with Gasteiger partial charge in [0.15, 0.2) is 0 Å². The van der Waals surface area contributed by atoms with Crippen molar-refractivity contribution in [2.75, 3.05) is 6.61 Å². The number of rotatable bonds is 6. The second kappa shape index (κ2) is 6.34. The first-order chi connectivity index (χ1) is 8.50. The molecule has 0 aromatic carbocycles. The number of urea groups is 1. The summed E-state index contributed by atoms with van der Waals surface area (Å²) in [6.45, 7) is 4.04. The van der Waals surface area contributed by atoms with Crippen LogP contribution in [-0.4, -0.2) is 38.0 Å². The molecule has 1 unspecified atom stereocenters. The van der Waals surface area contributed by atoms with Gasteiger partial charge in [0.1, 0.15) is 12.2 Å². The Morgan fingerprint density at radius 3 is 2.83 bits per heavy atom. The van der Waals surface area contributed by atoms with E-state index in [2.05, 4.69) is 20.7 Å². The van der Waals surface area contributed by atoms with Crippen LogP contribution in [0.25, 0.3) is 0 Å². The minimum absolute atomic E-state index is 0.0851. The van der Waals surface area contributed by atoms with E-state index in [-0.39, 0.29) is 12.6 Å². The molecule has 0 aliphatic carbocycles. The van der Waals surface area contributed by atoms with Crippen LogP contribution in [0.4, 0.5) is 4.79 Å². The SMILES string of the molecule is CCCC(C)(CO)NC(=O)NCc1ncnn1C. The fraction of sp³-hybridized carbons (Fsp3) is 0.727. The monoisotopic (exact) mass is 255 g/mol. The largest absolute Gasteiger partial charge is 0.394 e. The lowest BCUT2D eigenvalue weighted by Crippen LogP contribution is -2.52. The van der Waals surface area contributed by atoms with Gasteiger partial charge in [-0.3, -0.25) is 4.68 Å². The number of amides is 2. The summed E-state index contributed by atoms with van der Waals surface area (Å²) in [5.41, 5.74) is -0.585. The van der Waals surface area contributed by atoms with Gasteiger partial charge in [0.25, 0.3) is 0 Å². The molecule has 0 saturated carbocycles. The molecule has 0 saturated heterocycles. The molecule has 0 radical (unpaired) electrons. The van der Waals surface area contributed by atoms with E-state index < -0.39 is 5.54 Å². The topological polar surface area (TPSA) is 92.1 Å². The number of hydrogen-bond donors (Lipinski definition) is 3. The summed E-state index contributed by atoms with van der Waals surface area (Å²) in [5.74, 6) is 0.673. The smallest absolute Gasteiger partial charge is 0.315 e. The lowest BCUT2D eigenvalue weighted by Gasteiger charge is -2.28. The fourth-order valence-corrected chi connectivity index (χ4v) is 1.69. The van der Waals surface area contributed by atoms with E-state index in [4.69, 9.17) is 0 Å². The molecule has 1 aromatic heterocycles. The number of aliphatic hydroxyl groups is 1. The van der Waals surface area contributed by atoms with Crippen molar-refractivity contribution < 1.29 is 9.90 Å². The van der Waals surface area contributed by atoms with E-state index in [1.165, 1.54) is 6.33 Å². The number of carbonyl (C=O) groups is 1. The molecule has 2 amide bonds. The Labute approximate surface area is 107 Å². The molecule has 18 heavy (non-hydrogen) atoms. The Morgan fingerprint density at radius 1 is 1.61 bits per heavy atom. The van der Waals surface area contributed by atoms with Crippen molar-refractivity contribution in [3.8, 4) is 0 Å². The summed E-state index contributed by atoms with van der Waals surface area (Å²) in [6.07, 6.45) is 3.05. The molecule has 1 heterocycles. The van der Waals surface area contributed by atoms with E-state index in [0.29, 0.717) is 12.4 Å². The van der Waals surface area contributed by atoms with Crippen LogP contribution in [0.15, 0.2) is 6.33 Å². The molecule has 0 aliphatic heterocycles. The molecular formula is C11H21N5O2. The van der Waals surface area contributed by atoms with Gasteiger partial charge in [-0.25, -0.2) is 9.78 Å². The summed E-state index contributed by atoms with van der Waals surface area (Å²) < 4.78 is 1.59. The van der Waals surface area contributed by atoms with E-state index in [1.54, 1.807) is 11.7 Å². The maximum Gasteiger partial charge on any atom is 0.315 e. The van der Waals surface area contributed by atoms with Crippen molar-refractivity contribution in [3.63, 3.8) is 0 Å². The molecule has 0 aliphatic rings. The third kappa shape index (κ3) is 3.99. The second-order valence-corrected chi connectivity index (χ2v) is 4.58. The number of nitrogens with zero attached hydrogens (tertiary/aromatic N) is 3. The molecule has 3 N–H and O–H groups in total. The highest BCUT2D eigenvalue weighted by Crippen LogP contribution is 2.10.